The number of nitrogens with one attached hydrogen (secondary N) is 1. The zero-order valence-electron chi connectivity index (χ0n) is 9.60. The molecular weight excluding hydrogens is 236 g/mol. The number of aromatic nitrogens is 1. The second-order valence-corrected chi connectivity index (χ2v) is 5.25. The quantitative estimate of drug-likeness (QED) is 0.889. The molecule has 1 N–H and O–H groups in total. The van der Waals surface area contributed by atoms with Crippen LogP contribution in [0, 0.1) is 6.92 Å². The summed E-state index contributed by atoms with van der Waals surface area (Å²) in [5.74, 6) is 0.835. The Bertz CT molecular complexity index is 487. The highest BCUT2D eigenvalue weighted by Gasteiger charge is 2.21. The summed E-state index contributed by atoms with van der Waals surface area (Å²) in [5, 5.41) is 4.49. The number of hydrogen-bond acceptors (Lipinski definition) is 5. The predicted octanol–water partition coefficient (Wildman–Crippen LogP) is 2.37. The molecule has 0 bridgehead atoms. The van der Waals surface area contributed by atoms with Crippen molar-refractivity contribution < 1.29 is 9.15 Å². The van der Waals surface area contributed by atoms with Gasteiger partial charge in [-0.15, -0.1) is 11.3 Å². The third kappa shape index (κ3) is 2.13. The van der Waals surface area contributed by atoms with Crippen LogP contribution in [0.1, 0.15) is 15.9 Å². The first-order valence-corrected chi connectivity index (χ1v) is 6.48. The molecule has 90 valence electrons. The van der Waals surface area contributed by atoms with Crippen LogP contribution in [0.4, 0.5) is 0 Å². The summed E-state index contributed by atoms with van der Waals surface area (Å²) >= 11 is 1.71. The number of rotatable bonds is 2. The molecule has 2 aromatic heterocycles. The Hall–Kier alpha value is -1.17. The van der Waals surface area contributed by atoms with E-state index in [4.69, 9.17) is 9.15 Å². The van der Waals surface area contributed by atoms with E-state index in [0.717, 1.165) is 29.6 Å². The molecule has 2 aromatic rings. The largest absolute Gasteiger partial charge is 0.463 e. The molecule has 1 atom stereocenters. The minimum atomic E-state index is 0.219. The first-order valence-electron chi connectivity index (χ1n) is 5.67. The van der Waals surface area contributed by atoms with E-state index in [9.17, 15) is 0 Å². The molecule has 1 fully saturated rings. The molecule has 0 aliphatic carbocycles. The van der Waals surface area contributed by atoms with Crippen LogP contribution in [0.5, 0.6) is 0 Å². The van der Waals surface area contributed by atoms with Gasteiger partial charge in [0.1, 0.15) is 10.7 Å². The molecule has 0 saturated carbocycles. The van der Waals surface area contributed by atoms with Gasteiger partial charge >= 0.3 is 0 Å². The van der Waals surface area contributed by atoms with Crippen LogP contribution in [-0.4, -0.2) is 24.7 Å². The molecule has 1 aliphatic heterocycles. The van der Waals surface area contributed by atoms with Crippen LogP contribution in [-0.2, 0) is 4.74 Å². The molecule has 1 saturated heterocycles. The van der Waals surface area contributed by atoms with Crippen LogP contribution < -0.4 is 5.32 Å². The smallest absolute Gasteiger partial charge is 0.153 e. The third-order valence-corrected chi connectivity index (χ3v) is 3.87. The van der Waals surface area contributed by atoms with Gasteiger partial charge in [-0.25, -0.2) is 4.98 Å². The second-order valence-electron chi connectivity index (χ2n) is 4.02. The molecule has 0 spiro atoms. The van der Waals surface area contributed by atoms with Gasteiger partial charge in [0, 0.05) is 11.4 Å². The van der Waals surface area contributed by atoms with Gasteiger partial charge in [0.2, 0.25) is 0 Å². The zero-order chi connectivity index (χ0) is 11.7. The summed E-state index contributed by atoms with van der Waals surface area (Å²) < 4.78 is 10.9. The van der Waals surface area contributed by atoms with Gasteiger partial charge in [-0.05, 0) is 19.1 Å². The van der Waals surface area contributed by atoms with E-state index in [-0.39, 0.29) is 6.04 Å². The van der Waals surface area contributed by atoms with E-state index in [2.05, 4.69) is 17.2 Å². The molecule has 1 aliphatic rings. The minimum Gasteiger partial charge on any atom is -0.463 e. The van der Waals surface area contributed by atoms with Gasteiger partial charge < -0.3 is 14.5 Å². The number of hydrogen-bond donors (Lipinski definition) is 1. The lowest BCUT2D eigenvalue weighted by Gasteiger charge is -2.21. The van der Waals surface area contributed by atoms with Gasteiger partial charge in [0.25, 0.3) is 0 Å². The van der Waals surface area contributed by atoms with Crippen molar-refractivity contribution in [3.8, 4) is 11.5 Å². The van der Waals surface area contributed by atoms with Crippen molar-refractivity contribution in [3.63, 3.8) is 0 Å². The average Bonchev–Trinajstić information content (AvgIpc) is 2.99. The van der Waals surface area contributed by atoms with Gasteiger partial charge in [-0.1, -0.05) is 0 Å². The summed E-state index contributed by atoms with van der Waals surface area (Å²) in [4.78, 5) is 5.84. The van der Waals surface area contributed by atoms with Crippen LogP contribution in [0.2, 0.25) is 0 Å². The Morgan fingerprint density at radius 3 is 3.18 bits per heavy atom. The van der Waals surface area contributed by atoms with Crippen LogP contribution in [0.25, 0.3) is 11.5 Å². The zero-order valence-corrected chi connectivity index (χ0v) is 10.4. The molecule has 5 heteroatoms. The molecule has 3 rings (SSSR count). The molecule has 0 radical (unpaired) electrons. The first kappa shape index (κ1) is 11.0. The maximum absolute atomic E-state index is 5.46. The highest BCUT2D eigenvalue weighted by molar-refractivity contribution is 7.12. The predicted molar refractivity (Wildman–Crippen MR) is 66.1 cm³/mol. The van der Waals surface area contributed by atoms with Crippen molar-refractivity contribution in [2.45, 2.75) is 13.0 Å². The Morgan fingerprint density at radius 2 is 2.47 bits per heavy atom. The highest BCUT2D eigenvalue weighted by Crippen LogP contribution is 2.31. The molecular formula is C12H14N2O2S. The van der Waals surface area contributed by atoms with Gasteiger partial charge in [0.15, 0.2) is 5.76 Å². The van der Waals surface area contributed by atoms with Crippen molar-refractivity contribution in [3.05, 3.63) is 28.3 Å². The van der Waals surface area contributed by atoms with Crippen LogP contribution >= 0.6 is 11.3 Å². The summed E-state index contributed by atoms with van der Waals surface area (Å²) in [7, 11) is 0. The Balaban J connectivity index is 1.90. The van der Waals surface area contributed by atoms with E-state index in [1.165, 1.54) is 4.88 Å². The van der Waals surface area contributed by atoms with Crippen molar-refractivity contribution in [1.82, 2.24) is 10.3 Å². The van der Waals surface area contributed by atoms with Crippen molar-refractivity contribution in [2.24, 2.45) is 0 Å². The summed E-state index contributed by atoms with van der Waals surface area (Å²) in [6, 6.07) is 4.04. The molecule has 17 heavy (non-hydrogen) atoms. The van der Waals surface area contributed by atoms with Crippen molar-refractivity contribution in [1.29, 1.82) is 0 Å². The summed E-state index contributed by atoms with van der Waals surface area (Å²) in [6.45, 7) is 4.44. The molecule has 4 nitrogen and oxygen atoms in total. The molecule has 1 unspecified atom stereocenters. The summed E-state index contributed by atoms with van der Waals surface area (Å²) in [6.07, 6.45) is 1.68. The van der Waals surface area contributed by atoms with Crippen LogP contribution in [0.3, 0.4) is 0 Å². The van der Waals surface area contributed by atoms with E-state index in [1.54, 1.807) is 17.6 Å². The topological polar surface area (TPSA) is 47.3 Å². The fourth-order valence-electron chi connectivity index (χ4n) is 1.93. The van der Waals surface area contributed by atoms with Crippen molar-refractivity contribution >= 4 is 11.3 Å². The number of aryl methyl sites for hydroxylation is 1. The number of thiazole rings is 1. The van der Waals surface area contributed by atoms with E-state index in [1.807, 2.05) is 12.1 Å². The van der Waals surface area contributed by atoms with Gasteiger partial charge in [-0.2, -0.15) is 0 Å². The lowest BCUT2D eigenvalue weighted by Crippen LogP contribution is -2.34. The van der Waals surface area contributed by atoms with Gasteiger partial charge in [0.05, 0.1) is 25.5 Å². The van der Waals surface area contributed by atoms with Crippen LogP contribution in [0.15, 0.2) is 22.8 Å². The highest BCUT2D eigenvalue weighted by atomic mass is 32.1. The third-order valence-electron chi connectivity index (χ3n) is 2.79. The average molecular weight is 250 g/mol. The van der Waals surface area contributed by atoms with Crippen molar-refractivity contribution in [2.75, 3.05) is 19.8 Å². The van der Waals surface area contributed by atoms with E-state index in [0.29, 0.717) is 6.61 Å². The van der Waals surface area contributed by atoms with E-state index < -0.39 is 0 Å². The normalized spacial score (nSPS) is 20.6. The monoisotopic (exact) mass is 250 g/mol. The minimum absolute atomic E-state index is 0.219. The number of furan rings is 1. The fourth-order valence-corrected chi connectivity index (χ4v) is 2.92. The summed E-state index contributed by atoms with van der Waals surface area (Å²) in [5.41, 5.74) is 0.947. The standard InChI is InChI=1S/C12H14N2O2S/c1-8-11(10-3-2-5-16-10)14-12(17-8)9-7-15-6-4-13-9/h2-3,5,9,13H,4,6-7H2,1H3. The number of nitrogens with zero attached hydrogens (tertiary/aromatic N) is 1. The van der Waals surface area contributed by atoms with E-state index >= 15 is 0 Å². The second kappa shape index (κ2) is 4.60. The molecule has 0 amide bonds. The van der Waals surface area contributed by atoms with Gasteiger partial charge in [-0.3, -0.25) is 0 Å². The maximum atomic E-state index is 5.46. The Kier molecular flexibility index (Phi) is 2.96. The Labute approximate surface area is 104 Å². The molecule has 3 heterocycles. The first-order chi connectivity index (χ1) is 8.34. The SMILES string of the molecule is Cc1sc(C2COCCN2)nc1-c1ccco1. The molecule has 0 aromatic carbocycles. The Morgan fingerprint density at radius 1 is 1.53 bits per heavy atom. The number of ether oxygens (including phenoxy) is 1. The fraction of sp³-hybridized carbons (Fsp3) is 0.417. The number of morpholine rings is 1. The lowest BCUT2D eigenvalue weighted by molar-refractivity contribution is 0.0768. The lowest BCUT2D eigenvalue weighted by atomic mass is 10.3. The maximum Gasteiger partial charge on any atom is 0.153 e.